The van der Waals surface area contributed by atoms with Crippen LogP contribution in [0.4, 0.5) is 0 Å². The predicted molar refractivity (Wildman–Crippen MR) is 73.5 cm³/mol. The van der Waals surface area contributed by atoms with E-state index in [1.54, 1.807) is 0 Å². The molecule has 1 aromatic rings. The second-order valence-corrected chi connectivity index (χ2v) is 4.62. The first-order valence-electron chi connectivity index (χ1n) is 5.70. The summed E-state index contributed by atoms with van der Waals surface area (Å²) in [6, 6.07) is 7.49. The number of ether oxygens (including phenoxy) is 2. The highest BCUT2D eigenvalue weighted by molar-refractivity contribution is 7.80. The molecule has 0 amide bonds. The van der Waals surface area contributed by atoms with E-state index >= 15 is 0 Å². The average molecular weight is 253 g/mol. The molecule has 3 nitrogen and oxygen atoms in total. The molecule has 17 heavy (non-hydrogen) atoms. The zero-order valence-corrected chi connectivity index (χ0v) is 11.1. The van der Waals surface area contributed by atoms with Gasteiger partial charge in [-0.3, -0.25) is 0 Å². The molecule has 94 valence electrons. The van der Waals surface area contributed by atoms with Gasteiger partial charge < -0.3 is 15.2 Å². The fourth-order valence-corrected chi connectivity index (χ4v) is 1.49. The van der Waals surface area contributed by atoms with E-state index in [4.69, 9.17) is 27.4 Å². The number of thiocarbonyl (C=S) groups is 1. The Morgan fingerprint density at radius 1 is 1.29 bits per heavy atom. The second-order valence-electron chi connectivity index (χ2n) is 4.18. The van der Waals surface area contributed by atoms with Crippen molar-refractivity contribution in [2.24, 2.45) is 11.7 Å². The van der Waals surface area contributed by atoms with Crippen molar-refractivity contribution in [3.63, 3.8) is 0 Å². The maximum absolute atomic E-state index is 5.60. The lowest BCUT2D eigenvalue weighted by molar-refractivity contribution is 0.0818. The lowest BCUT2D eigenvalue weighted by atomic mass is 10.2. The third kappa shape index (κ3) is 5.15. The van der Waals surface area contributed by atoms with Crippen LogP contribution in [-0.2, 0) is 4.74 Å². The molecule has 1 aromatic carbocycles. The smallest absolute Gasteiger partial charge is 0.129 e. The average Bonchev–Trinajstić information content (AvgIpc) is 2.28. The van der Waals surface area contributed by atoms with Crippen molar-refractivity contribution in [3.8, 4) is 5.75 Å². The van der Waals surface area contributed by atoms with E-state index in [-0.39, 0.29) is 0 Å². The van der Waals surface area contributed by atoms with Crippen molar-refractivity contribution in [1.82, 2.24) is 0 Å². The van der Waals surface area contributed by atoms with Gasteiger partial charge in [-0.15, -0.1) is 0 Å². The van der Waals surface area contributed by atoms with Gasteiger partial charge in [0.05, 0.1) is 12.2 Å². The Morgan fingerprint density at radius 3 is 2.65 bits per heavy atom. The first-order chi connectivity index (χ1) is 8.11. The van der Waals surface area contributed by atoms with Gasteiger partial charge in [-0.1, -0.05) is 38.2 Å². The van der Waals surface area contributed by atoms with E-state index in [1.807, 2.05) is 24.3 Å². The van der Waals surface area contributed by atoms with Crippen LogP contribution in [0.2, 0.25) is 0 Å². The zero-order chi connectivity index (χ0) is 12.7. The Hall–Kier alpha value is -1.13. The minimum atomic E-state index is 0.351. The standard InChI is InChI=1S/C13H19NO2S/c1-10(2)9-15-7-8-16-12-6-4-3-5-11(12)13(14)17/h3-6,10H,7-9H2,1-2H3,(H2,14,17). The van der Waals surface area contributed by atoms with Gasteiger partial charge in [0.25, 0.3) is 0 Å². The highest BCUT2D eigenvalue weighted by atomic mass is 32.1. The van der Waals surface area contributed by atoms with Crippen LogP contribution >= 0.6 is 12.2 Å². The molecule has 2 N–H and O–H groups in total. The topological polar surface area (TPSA) is 44.5 Å². The number of hydrogen-bond acceptors (Lipinski definition) is 3. The van der Waals surface area contributed by atoms with Gasteiger partial charge in [-0.05, 0) is 18.1 Å². The third-order valence-corrected chi connectivity index (χ3v) is 2.31. The van der Waals surface area contributed by atoms with Crippen molar-refractivity contribution in [2.45, 2.75) is 13.8 Å². The molecule has 0 unspecified atom stereocenters. The Balaban J connectivity index is 2.39. The molecule has 0 saturated carbocycles. The number of rotatable bonds is 7. The summed E-state index contributed by atoms with van der Waals surface area (Å²) in [6.07, 6.45) is 0. The Bertz CT molecular complexity index is 366. The number of hydrogen-bond donors (Lipinski definition) is 1. The van der Waals surface area contributed by atoms with Crippen LogP contribution < -0.4 is 10.5 Å². The number of benzene rings is 1. The van der Waals surface area contributed by atoms with Gasteiger partial charge in [-0.2, -0.15) is 0 Å². The fourth-order valence-electron chi connectivity index (χ4n) is 1.33. The van der Waals surface area contributed by atoms with Crippen molar-refractivity contribution in [3.05, 3.63) is 29.8 Å². The maximum atomic E-state index is 5.60. The van der Waals surface area contributed by atoms with E-state index in [1.165, 1.54) is 0 Å². The molecule has 0 fully saturated rings. The maximum Gasteiger partial charge on any atom is 0.129 e. The van der Waals surface area contributed by atoms with Crippen LogP contribution in [0.3, 0.4) is 0 Å². The van der Waals surface area contributed by atoms with E-state index in [0.717, 1.165) is 12.2 Å². The molecular weight excluding hydrogens is 234 g/mol. The molecule has 0 aliphatic carbocycles. The number of nitrogens with two attached hydrogens (primary N) is 1. The molecule has 0 saturated heterocycles. The summed E-state index contributed by atoms with van der Waals surface area (Å²) in [7, 11) is 0. The van der Waals surface area contributed by atoms with Gasteiger partial charge in [0, 0.05) is 6.61 Å². The molecule has 0 aliphatic heterocycles. The van der Waals surface area contributed by atoms with Gasteiger partial charge in [0.2, 0.25) is 0 Å². The summed E-state index contributed by atoms with van der Waals surface area (Å²) in [6.45, 7) is 6.06. The summed E-state index contributed by atoms with van der Waals surface area (Å²) in [4.78, 5) is 0.351. The zero-order valence-electron chi connectivity index (χ0n) is 10.3. The summed E-state index contributed by atoms with van der Waals surface area (Å²) < 4.78 is 11.0. The molecule has 0 aromatic heterocycles. The monoisotopic (exact) mass is 253 g/mol. The first-order valence-corrected chi connectivity index (χ1v) is 6.11. The van der Waals surface area contributed by atoms with Crippen LogP contribution in [0, 0.1) is 5.92 Å². The van der Waals surface area contributed by atoms with Crippen molar-refractivity contribution in [2.75, 3.05) is 19.8 Å². The van der Waals surface area contributed by atoms with E-state index in [0.29, 0.717) is 29.9 Å². The van der Waals surface area contributed by atoms with Gasteiger partial charge in [-0.25, -0.2) is 0 Å². The Labute approximate surface area is 108 Å². The molecule has 1 rings (SSSR count). The van der Waals surface area contributed by atoms with E-state index < -0.39 is 0 Å². The molecule has 0 bridgehead atoms. The van der Waals surface area contributed by atoms with E-state index in [2.05, 4.69) is 13.8 Å². The quantitative estimate of drug-likeness (QED) is 0.598. The van der Waals surface area contributed by atoms with E-state index in [9.17, 15) is 0 Å². The molecule has 0 spiro atoms. The molecule has 0 radical (unpaired) electrons. The van der Waals surface area contributed by atoms with Crippen molar-refractivity contribution < 1.29 is 9.47 Å². The molecular formula is C13H19NO2S. The summed E-state index contributed by atoms with van der Waals surface area (Å²) in [5, 5.41) is 0. The van der Waals surface area contributed by atoms with Crippen molar-refractivity contribution in [1.29, 1.82) is 0 Å². The van der Waals surface area contributed by atoms with Gasteiger partial charge in [0.15, 0.2) is 0 Å². The van der Waals surface area contributed by atoms with Crippen LogP contribution in [0.5, 0.6) is 5.75 Å². The SMILES string of the molecule is CC(C)COCCOc1ccccc1C(N)=S. The fraction of sp³-hybridized carbons (Fsp3) is 0.462. The Kier molecular flexibility index (Phi) is 5.94. The molecule has 0 atom stereocenters. The lowest BCUT2D eigenvalue weighted by Crippen LogP contribution is -2.14. The summed E-state index contributed by atoms with van der Waals surface area (Å²) >= 11 is 4.95. The Morgan fingerprint density at radius 2 is 2.00 bits per heavy atom. The minimum Gasteiger partial charge on any atom is -0.490 e. The summed E-state index contributed by atoms with van der Waals surface area (Å²) in [5.74, 6) is 1.26. The normalized spacial score (nSPS) is 10.5. The minimum absolute atomic E-state index is 0.351. The first kappa shape index (κ1) is 13.9. The molecule has 0 heterocycles. The second kappa shape index (κ2) is 7.25. The molecule has 4 heteroatoms. The highest BCUT2D eigenvalue weighted by Gasteiger charge is 2.04. The third-order valence-electron chi connectivity index (χ3n) is 2.09. The summed E-state index contributed by atoms with van der Waals surface area (Å²) in [5.41, 5.74) is 6.37. The van der Waals surface area contributed by atoms with Crippen LogP contribution in [-0.4, -0.2) is 24.8 Å². The predicted octanol–water partition coefficient (Wildman–Crippen LogP) is 2.37. The highest BCUT2D eigenvalue weighted by Crippen LogP contribution is 2.17. The van der Waals surface area contributed by atoms with Crippen molar-refractivity contribution >= 4 is 17.2 Å². The van der Waals surface area contributed by atoms with Crippen LogP contribution in [0.1, 0.15) is 19.4 Å². The van der Waals surface area contributed by atoms with Crippen LogP contribution in [0.25, 0.3) is 0 Å². The van der Waals surface area contributed by atoms with Crippen LogP contribution in [0.15, 0.2) is 24.3 Å². The largest absolute Gasteiger partial charge is 0.490 e. The number of para-hydroxylation sites is 1. The van der Waals surface area contributed by atoms with Gasteiger partial charge >= 0.3 is 0 Å². The van der Waals surface area contributed by atoms with Gasteiger partial charge in [0.1, 0.15) is 17.3 Å². The molecule has 0 aliphatic rings. The lowest BCUT2D eigenvalue weighted by Gasteiger charge is -2.11.